The summed E-state index contributed by atoms with van der Waals surface area (Å²) in [6, 6.07) is 6.40. The van der Waals surface area contributed by atoms with Crippen LogP contribution in [-0.2, 0) is 5.88 Å². The van der Waals surface area contributed by atoms with Gasteiger partial charge in [-0.25, -0.2) is 9.07 Å². The van der Waals surface area contributed by atoms with Gasteiger partial charge in [-0.1, -0.05) is 19.9 Å². The molecule has 0 spiro atoms. The topological polar surface area (TPSA) is 17.8 Å². The zero-order valence-corrected chi connectivity index (χ0v) is 10.6. The summed E-state index contributed by atoms with van der Waals surface area (Å²) in [6.07, 6.45) is 1.74. The van der Waals surface area contributed by atoms with Gasteiger partial charge in [0.25, 0.3) is 0 Å². The molecule has 0 saturated heterocycles. The summed E-state index contributed by atoms with van der Waals surface area (Å²) in [4.78, 5) is 0. The molecule has 0 atom stereocenters. The Morgan fingerprint density at radius 1 is 1.41 bits per heavy atom. The van der Waals surface area contributed by atoms with Gasteiger partial charge in [-0.3, -0.25) is 0 Å². The average Bonchev–Trinajstić information content (AvgIpc) is 2.72. The van der Waals surface area contributed by atoms with E-state index in [2.05, 4.69) is 18.9 Å². The standard InChI is InChI=1S/C13H14ClFN2/c1-9(2)13-10(7-14)8-16-17(13)12-5-3-4-11(15)6-12/h3-6,8-9H,7H2,1-2H3. The Balaban J connectivity index is 2.56. The maximum atomic E-state index is 13.2. The molecule has 0 bridgehead atoms. The number of benzene rings is 1. The van der Waals surface area contributed by atoms with Crippen molar-refractivity contribution in [3.63, 3.8) is 0 Å². The molecule has 0 N–H and O–H groups in total. The van der Waals surface area contributed by atoms with Crippen molar-refractivity contribution >= 4 is 11.6 Å². The van der Waals surface area contributed by atoms with Crippen LogP contribution in [0, 0.1) is 5.82 Å². The van der Waals surface area contributed by atoms with Crippen LogP contribution in [0.2, 0.25) is 0 Å². The van der Waals surface area contributed by atoms with Crippen molar-refractivity contribution in [1.29, 1.82) is 0 Å². The number of hydrogen-bond donors (Lipinski definition) is 0. The number of nitrogens with zero attached hydrogens (tertiary/aromatic N) is 2. The predicted octanol–water partition coefficient (Wildman–Crippen LogP) is 3.87. The molecule has 2 nitrogen and oxygen atoms in total. The van der Waals surface area contributed by atoms with E-state index in [9.17, 15) is 4.39 Å². The van der Waals surface area contributed by atoms with E-state index in [1.165, 1.54) is 12.1 Å². The van der Waals surface area contributed by atoms with Crippen LogP contribution in [0.4, 0.5) is 4.39 Å². The second-order valence-corrected chi connectivity index (χ2v) is 4.50. The van der Waals surface area contributed by atoms with Gasteiger partial charge >= 0.3 is 0 Å². The number of aromatic nitrogens is 2. The van der Waals surface area contributed by atoms with Crippen LogP contribution >= 0.6 is 11.6 Å². The third-order valence-electron chi connectivity index (χ3n) is 2.63. The Labute approximate surface area is 105 Å². The highest BCUT2D eigenvalue weighted by molar-refractivity contribution is 6.17. The van der Waals surface area contributed by atoms with Gasteiger partial charge in [-0.2, -0.15) is 5.10 Å². The highest BCUT2D eigenvalue weighted by Crippen LogP contribution is 2.24. The average molecular weight is 253 g/mol. The Morgan fingerprint density at radius 3 is 2.76 bits per heavy atom. The maximum absolute atomic E-state index is 13.2. The summed E-state index contributed by atoms with van der Waals surface area (Å²) in [5, 5.41) is 4.29. The molecule has 0 saturated carbocycles. The lowest BCUT2D eigenvalue weighted by Crippen LogP contribution is -2.05. The van der Waals surface area contributed by atoms with Crippen LogP contribution in [0.25, 0.3) is 5.69 Å². The minimum atomic E-state index is -0.264. The van der Waals surface area contributed by atoms with E-state index in [1.54, 1.807) is 16.9 Å². The lowest BCUT2D eigenvalue weighted by Gasteiger charge is -2.12. The van der Waals surface area contributed by atoms with Crippen molar-refractivity contribution in [3.05, 3.63) is 47.5 Å². The Hall–Kier alpha value is -1.35. The van der Waals surface area contributed by atoms with Crippen LogP contribution in [0.5, 0.6) is 0 Å². The first-order valence-electron chi connectivity index (χ1n) is 5.52. The van der Waals surface area contributed by atoms with Crippen LogP contribution in [-0.4, -0.2) is 9.78 Å². The highest BCUT2D eigenvalue weighted by Gasteiger charge is 2.14. The molecule has 0 fully saturated rings. The molecule has 1 aromatic carbocycles. The maximum Gasteiger partial charge on any atom is 0.125 e. The van der Waals surface area contributed by atoms with Crippen LogP contribution in [0.15, 0.2) is 30.5 Å². The fourth-order valence-electron chi connectivity index (χ4n) is 1.92. The Bertz CT molecular complexity index is 520. The minimum Gasteiger partial charge on any atom is -0.237 e. The molecule has 90 valence electrons. The van der Waals surface area contributed by atoms with E-state index in [0.29, 0.717) is 5.88 Å². The summed E-state index contributed by atoms with van der Waals surface area (Å²) in [7, 11) is 0. The summed E-state index contributed by atoms with van der Waals surface area (Å²) >= 11 is 5.88. The molecule has 0 amide bonds. The minimum absolute atomic E-state index is 0.264. The zero-order valence-electron chi connectivity index (χ0n) is 9.82. The second kappa shape index (κ2) is 4.88. The third kappa shape index (κ3) is 2.34. The van der Waals surface area contributed by atoms with Gasteiger partial charge in [0.05, 0.1) is 23.5 Å². The van der Waals surface area contributed by atoms with Crippen molar-refractivity contribution in [3.8, 4) is 5.69 Å². The van der Waals surface area contributed by atoms with Gasteiger partial charge in [-0.05, 0) is 24.1 Å². The fraction of sp³-hybridized carbons (Fsp3) is 0.308. The van der Waals surface area contributed by atoms with Crippen molar-refractivity contribution in [2.24, 2.45) is 0 Å². The first-order chi connectivity index (χ1) is 8.13. The van der Waals surface area contributed by atoms with E-state index >= 15 is 0 Å². The molecule has 1 aromatic heterocycles. The molecule has 0 unspecified atom stereocenters. The van der Waals surface area contributed by atoms with E-state index in [0.717, 1.165) is 16.9 Å². The van der Waals surface area contributed by atoms with Crippen molar-refractivity contribution < 1.29 is 4.39 Å². The van der Waals surface area contributed by atoms with Crippen LogP contribution in [0.1, 0.15) is 31.0 Å². The summed E-state index contributed by atoms with van der Waals surface area (Å²) in [5.74, 6) is 0.442. The molecule has 0 radical (unpaired) electrons. The molecule has 2 aromatic rings. The van der Waals surface area contributed by atoms with E-state index in [1.807, 2.05) is 6.07 Å². The van der Waals surface area contributed by atoms with Gasteiger partial charge in [0, 0.05) is 5.56 Å². The molecule has 17 heavy (non-hydrogen) atoms. The molecular weight excluding hydrogens is 239 g/mol. The van der Waals surface area contributed by atoms with Crippen LogP contribution in [0.3, 0.4) is 0 Å². The number of hydrogen-bond acceptors (Lipinski definition) is 1. The molecule has 2 rings (SSSR count). The Morgan fingerprint density at radius 2 is 2.18 bits per heavy atom. The van der Waals surface area contributed by atoms with E-state index in [4.69, 9.17) is 11.6 Å². The number of halogens is 2. The SMILES string of the molecule is CC(C)c1c(CCl)cnn1-c1cccc(F)c1. The number of alkyl halides is 1. The lowest BCUT2D eigenvalue weighted by molar-refractivity contribution is 0.623. The molecule has 0 aliphatic heterocycles. The largest absolute Gasteiger partial charge is 0.237 e. The van der Waals surface area contributed by atoms with Gasteiger partial charge < -0.3 is 0 Å². The van der Waals surface area contributed by atoms with E-state index < -0.39 is 0 Å². The molecule has 4 heteroatoms. The first-order valence-corrected chi connectivity index (χ1v) is 6.05. The quantitative estimate of drug-likeness (QED) is 0.758. The van der Waals surface area contributed by atoms with Gasteiger partial charge in [0.1, 0.15) is 5.82 Å². The summed E-state index contributed by atoms with van der Waals surface area (Å²) in [5.41, 5.74) is 2.75. The zero-order chi connectivity index (χ0) is 12.4. The monoisotopic (exact) mass is 252 g/mol. The van der Waals surface area contributed by atoms with Gasteiger partial charge in [0.15, 0.2) is 0 Å². The predicted molar refractivity (Wildman–Crippen MR) is 67.2 cm³/mol. The number of rotatable bonds is 3. The molecular formula is C13H14ClFN2. The highest BCUT2D eigenvalue weighted by atomic mass is 35.5. The van der Waals surface area contributed by atoms with Crippen molar-refractivity contribution in [2.45, 2.75) is 25.6 Å². The summed E-state index contributed by atoms with van der Waals surface area (Å²) in [6.45, 7) is 4.14. The van der Waals surface area contributed by atoms with Crippen LogP contribution < -0.4 is 0 Å². The molecule has 0 aliphatic rings. The van der Waals surface area contributed by atoms with Gasteiger partial charge in [0.2, 0.25) is 0 Å². The normalized spacial score (nSPS) is 11.1. The van der Waals surface area contributed by atoms with E-state index in [-0.39, 0.29) is 11.7 Å². The molecule has 0 aliphatic carbocycles. The second-order valence-electron chi connectivity index (χ2n) is 4.24. The van der Waals surface area contributed by atoms with Gasteiger partial charge in [-0.15, -0.1) is 11.6 Å². The lowest BCUT2D eigenvalue weighted by atomic mass is 10.1. The summed E-state index contributed by atoms with van der Waals surface area (Å²) < 4.78 is 15.0. The smallest absolute Gasteiger partial charge is 0.125 e. The third-order valence-corrected chi connectivity index (χ3v) is 2.92. The Kier molecular flexibility index (Phi) is 3.48. The first kappa shape index (κ1) is 12.1. The fourth-order valence-corrected chi connectivity index (χ4v) is 2.13. The molecule has 1 heterocycles. The van der Waals surface area contributed by atoms with Crippen molar-refractivity contribution in [1.82, 2.24) is 9.78 Å². The van der Waals surface area contributed by atoms with Crippen molar-refractivity contribution in [2.75, 3.05) is 0 Å².